The molecule has 7 heteroatoms. The minimum atomic E-state index is -0.0189. The number of likely N-dealkylation sites (tertiary alicyclic amines) is 2. The summed E-state index contributed by atoms with van der Waals surface area (Å²) in [6, 6.07) is 0. The molecule has 1 amide bonds. The molecule has 150 valence electrons. The normalized spacial score (nSPS) is 24.1. The summed E-state index contributed by atoms with van der Waals surface area (Å²) in [6.45, 7) is 6.57. The third-order valence-corrected chi connectivity index (χ3v) is 5.89. The van der Waals surface area contributed by atoms with Crippen LogP contribution >= 0.6 is 0 Å². The molecule has 2 saturated heterocycles. The van der Waals surface area contributed by atoms with Gasteiger partial charge < -0.3 is 19.8 Å². The van der Waals surface area contributed by atoms with Crippen molar-refractivity contribution in [1.82, 2.24) is 19.8 Å². The van der Waals surface area contributed by atoms with Crippen LogP contribution in [0.5, 0.6) is 0 Å². The molecule has 3 heterocycles. The quantitative estimate of drug-likeness (QED) is 0.839. The van der Waals surface area contributed by atoms with Crippen molar-refractivity contribution in [1.29, 1.82) is 0 Å². The van der Waals surface area contributed by atoms with E-state index < -0.39 is 0 Å². The monoisotopic (exact) mass is 375 g/mol. The van der Waals surface area contributed by atoms with Crippen molar-refractivity contribution in [3.8, 4) is 0 Å². The Morgan fingerprint density at radius 3 is 2.44 bits per heavy atom. The molecule has 0 aromatic carbocycles. The molecule has 2 fully saturated rings. The van der Waals surface area contributed by atoms with Crippen molar-refractivity contribution in [2.75, 3.05) is 58.3 Å². The molecule has 2 aliphatic heterocycles. The lowest BCUT2D eigenvalue weighted by Crippen LogP contribution is -2.35. The molecular weight excluding hydrogens is 342 g/mol. The fourth-order valence-electron chi connectivity index (χ4n) is 4.22. The molecule has 1 aromatic rings. The van der Waals surface area contributed by atoms with Gasteiger partial charge in [-0.05, 0) is 38.8 Å². The standard InChI is InChI=1S/C20H33N5O2/c1-15-18(10-21-20(22-15)23(2)3)19(27)25-12-16(17(13-25)14-26)11-24-8-6-4-5-7-9-24/h10,16-17,26H,4-9,11-14H2,1-3H3. The Bertz CT molecular complexity index is 643. The highest BCUT2D eigenvalue weighted by atomic mass is 16.3. The predicted molar refractivity (Wildman–Crippen MR) is 106 cm³/mol. The first-order valence-corrected chi connectivity index (χ1v) is 10.1. The van der Waals surface area contributed by atoms with Gasteiger partial charge in [-0.15, -0.1) is 0 Å². The van der Waals surface area contributed by atoms with Gasteiger partial charge in [0.25, 0.3) is 5.91 Å². The number of carbonyl (C=O) groups is 1. The van der Waals surface area contributed by atoms with E-state index >= 15 is 0 Å². The van der Waals surface area contributed by atoms with Gasteiger partial charge in [-0.1, -0.05) is 12.8 Å². The maximum atomic E-state index is 13.0. The van der Waals surface area contributed by atoms with Crippen LogP contribution in [-0.2, 0) is 0 Å². The van der Waals surface area contributed by atoms with E-state index in [-0.39, 0.29) is 18.4 Å². The van der Waals surface area contributed by atoms with Gasteiger partial charge in [-0.3, -0.25) is 4.79 Å². The largest absolute Gasteiger partial charge is 0.396 e. The molecule has 0 saturated carbocycles. The Kier molecular flexibility index (Phi) is 6.65. The number of aryl methyl sites for hydroxylation is 1. The number of carbonyl (C=O) groups excluding carboxylic acids is 1. The number of anilines is 1. The van der Waals surface area contributed by atoms with Gasteiger partial charge in [0.2, 0.25) is 5.95 Å². The molecule has 0 bridgehead atoms. The molecule has 7 nitrogen and oxygen atoms in total. The van der Waals surface area contributed by atoms with Crippen LogP contribution in [0, 0.1) is 18.8 Å². The first-order valence-electron chi connectivity index (χ1n) is 10.1. The second-order valence-electron chi connectivity index (χ2n) is 8.19. The lowest BCUT2D eigenvalue weighted by molar-refractivity contribution is 0.0777. The molecule has 2 atom stereocenters. The third kappa shape index (κ3) is 4.76. The highest BCUT2D eigenvalue weighted by molar-refractivity contribution is 5.95. The first-order chi connectivity index (χ1) is 13.0. The Morgan fingerprint density at radius 1 is 1.19 bits per heavy atom. The summed E-state index contributed by atoms with van der Waals surface area (Å²) in [4.78, 5) is 28.0. The Balaban J connectivity index is 1.67. The summed E-state index contributed by atoms with van der Waals surface area (Å²) in [7, 11) is 3.77. The molecule has 0 aliphatic carbocycles. The maximum Gasteiger partial charge on any atom is 0.257 e. The van der Waals surface area contributed by atoms with E-state index in [1.54, 1.807) is 6.20 Å². The molecule has 1 N–H and O–H groups in total. The second kappa shape index (κ2) is 8.97. The molecule has 0 spiro atoms. The Morgan fingerprint density at radius 2 is 1.85 bits per heavy atom. The zero-order chi connectivity index (χ0) is 19.4. The van der Waals surface area contributed by atoms with Crippen molar-refractivity contribution < 1.29 is 9.90 Å². The number of aliphatic hydroxyl groups excluding tert-OH is 1. The van der Waals surface area contributed by atoms with E-state index in [4.69, 9.17) is 0 Å². The van der Waals surface area contributed by atoms with Crippen molar-refractivity contribution in [3.63, 3.8) is 0 Å². The van der Waals surface area contributed by atoms with Crippen LogP contribution in [0.15, 0.2) is 6.20 Å². The van der Waals surface area contributed by atoms with E-state index in [1.807, 2.05) is 30.8 Å². The number of nitrogens with zero attached hydrogens (tertiary/aromatic N) is 5. The van der Waals surface area contributed by atoms with Crippen molar-refractivity contribution in [3.05, 3.63) is 17.5 Å². The van der Waals surface area contributed by atoms with Crippen LogP contribution in [0.1, 0.15) is 41.7 Å². The van der Waals surface area contributed by atoms with Gasteiger partial charge in [-0.2, -0.15) is 0 Å². The smallest absolute Gasteiger partial charge is 0.257 e. The average Bonchev–Trinajstić information content (AvgIpc) is 2.87. The topological polar surface area (TPSA) is 72.8 Å². The van der Waals surface area contributed by atoms with E-state index in [0.29, 0.717) is 36.2 Å². The van der Waals surface area contributed by atoms with Crippen LogP contribution in [0.25, 0.3) is 0 Å². The number of hydrogen-bond acceptors (Lipinski definition) is 6. The molecule has 2 unspecified atom stereocenters. The van der Waals surface area contributed by atoms with Crippen LogP contribution in [0.2, 0.25) is 0 Å². The molecule has 2 aliphatic rings. The number of amides is 1. The summed E-state index contributed by atoms with van der Waals surface area (Å²) >= 11 is 0. The third-order valence-electron chi connectivity index (χ3n) is 5.89. The van der Waals surface area contributed by atoms with Gasteiger partial charge in [0.05, 0.1) is 11.3 Å². The maximum absolute atomic E-state index is 13.0. The van der Waals surface area contributed by atoms with Crippen molar-refractivity contribution in [2.24, 2.45) is 11.8 Å². The van der Waals surface area contributed by atoms with Gasteiger partial charge in [0, 0.05) is 52.5 Å². The zero-order valence-corrected chi connectivity index (χ0v) is 16.9. The molecule has 1 aromatic heterocycles. The van der Waals surface area contributed by atoms with Crippen LogP contribution in [0.3, 0.4) is 0 Å². The summed E-state index contributed by atoms with van der Waals surface area (Å²) in [6.07, 6.45) is 6.78. The van der Waals surface area contributed by atoms with E-state index in [1.165, 1.54) is 25.7 Å². The predicted octanol–water partition coefficient (Wildman–Crippen LogP) is 1.41. The number of rotatable bonds is 5. The van der Waals surface area contributed by atoms with E-state index in [9.17, 15) is 9.90 Å². The molecule has 27 heavy (non-hydrogen) atoms. The van der Waals surface area contributed by atoms with Gasteiger partial charge >= 0.3 is 0 Å². The Labute approximate surface area is 162 Å². The van der Waals surface area contributed by atoms with Gasteiger partial charge in [-0.25, -0.2) is 9.97 Å². The van der Waals surface area contributed by atoms with Crippen LogP contribution in [-0.4, -0.2) is 84.2 Å². The minimum absolute atomic E-state index is 0.0189. The fraction of sp³-hybridized carbons (Fsp3) is 0.750. The van der Waals surface area contributed by atoms with E-state index in [2.05, 4.69) is 14.9 Å². The summed E-state index contributed by atoms with van der Waals surface area (Å²) in [5, 5.41) is 9.86. The summed E-state index contributed by atoms with van der Waals surface area (Å²) in [5.74, 6) is 1.08. The highest BCUT2D eigenvalue weighted by Gasteiger charge is 2.36. The minimum Gasteiger partial charge on any atom is -0.396 e. The summed E-state index contributed by atoms with van der Waals surface area (Å²) in [5.41, 5.74) is 1.27. The average molecular weight is 376 g/mol. The number of aliphatic hydroxyl groups is 1. The fourth-order valence-corrected chi connectivity index (χ4v) is 4.22. The Hall–Kier alpha value is -1.73. The summed E-state index contributed by atoms with van der Waals surface area (Å²) < 4.78 is 0. The molecular formula is C20H33N5O2. The SMILES string of the molecule is Cc1nc(N(C)C)ncc1C(=O)N1CC(CO)C(CN2CCCCCC2)C1. The van der Waals surface area contributed by atoms with E-state index in [0.717, 1.165) is 19.6 Å². The lowest BCUT2D eigenvalue weighted by atomic mass is 9.96. The van der Waals surface area contributed by atoms with Gasteiger partial charge in [0.1, 0.15) is 0 Å². The van der Waals surface area contributed by atoms with Crippen molar-refractivity contribution in [2.45, 2.75) is 32.6 Å². The number of aromatic nitrogens is 2. The first kappa shape index (κ1) is 20.0. The molecule has 3 rings (SSSR count). The van der Waals surface area contributed by atoms with Crippen molar-refractivity contribution >= 4 is 11.9 Å². The van der Waals surface area contributed by atoms with Crippen LogP contribution in [0.4, 0.5) is 5.95 Å². The zero-order valence-electron chi connectivity index (χ0n) is 16.9. The second-order valence-corrected chi connectivity index (χ2v) is 8.19. The van der Waals surface area contributed by atoms with Gasteiger partial charge in [0.15, 0.2) is 0 Å². The van der Waals surface area contributed by atoms with Crippen LogP contribution < -0.4 is 4.90 Å². The number of hydrogen-bond donors (Lipinski definition) is 1. The molecule has 0 radical (unpaired) electrons. The highest BCUT2D eigenvalue weighted by Crippen LogP contribution is 2.27. The lowest BCUT2D eigenvalue weighted by Gasteiger charge is -2.26.